The number of alkyl halides is 3. The summed E-state index contributed by atoms with van der Waals surface area (Å²) in [5.74, 6) is -0.00901. The summed E-state index contributed by atoms with van der Waals surface area (Å²) in [5, 5.41) is 2.74. The van der Waals surface area contributed by atoms with Crippen LogP contribution in [-0.4, -0.2) is 43.7 Å². The van der Waals surface area contributed by atoms with Crippen LogP contribution in [0.5, 0.6) is 0 Å². The first kappa shape index (κ1) is 15.2. The fourth-order valence-corrected chi connectivity index (χ4v) is 1.23. The Hall–Kier alpha value is -0.780. The van der Waals surface area contributed by atoms with E-state index in [1.807, 2.05) is 0 Å². The standard InChI is InChI=1S/C10H19F3N2O/c1-8(7-10(11,12)13)14-6-4-5-9(16)15(2)3/h8,14H,4-7H2,1-3H3. The third-order valence-corrected chi connectivity index (χ3v) is 2.10. The Bertz CT molecular complexity index is 217. The van der Waals surface area contributed by atoms with Crippen LogP contribution >= 0.6 is 0 Å². The SMILES string of the molecule is CC(CC(F)(F)F)NCCCC(=O)N(C)C. The molecule has 0 rings (SSSR count). The van der Waals surface area contributed by atoms with Gasteiger partial charge in [0.25, 0.3) is 0 Å². The number of hydrogen-bond acceptors (Lipinski definition) is 2. The van der Waals surface area contributed by atoms with Gasteiger partial charge in [-0.3, -0.25) is 4.79 Å². The van der Waals surface area contributed by atoms with Gasteiger partial charge < -0.3 is 10.2 Å². The van der Waals surface area contributed by atoms with Crippen molar-refractivity contribution in [2.75, 3.05) is 20.6 Å². The lowest BCUT2D eigenvalue weighted by Gasteiger charge is -2.16. The summed E-state index contributed by atoms with van der Waals surface area (Å²) in [6, 6.07) is -0.602. The van der Waals surface area contributed by atoms with E-state index in [-0.39, 0.29) is 5.91 Å². The Labute approximate surface area is 94.0 Å². The molecule has 1 unspecified atom stereocenters. The van der Waals surface area contributed by atoms with Crippen molar-refractivity contribution in [3.63, 3.8) is 0 Å². The largest absolute Gasteiger partial charge is 0.390 e. The molecule has 0 aliphatic carbocycles. The van der Waals surface area contributed by atoms with E-state index in [1.54, 1.807) is 14.1 Å². The molecule has 0 saturated carbocycles. The third kappa shape index (κ3) is 8.52. The first-order valence-corrected chi connectivity index (χ1v) is 5.22. The lowest BCUT2D eigenvalue weighted by atomic mass is 10.2. The monoisotopic (exact) mass is 240 g/mol. The van der Waals surface area contributed by atoms with Crippen molar-refractivity contribution < 1.29 is 18.0 Å². The highest BCUT2D eigenvalue weighted by molar-refractivity contribution is 5.75. The Balaban J connectivity index is 3.56. The molecule has 0 aromatic rings. The summed E-state index contributed by atoms with van der Waals surface area (Å²) >= 11 is 0. The summed E-state index contributed by atoms with van der Waals surface area (Å²) < 4.78 is 35.8. The van der Waals surface area contributed by atoms with E-state index in [9.17, 15) is 18.0 Å². The van der Waals surface area contributed by atoms with Crippen molar-refractivity contribution in [3.8, 4) is 0 Å². The molecule has 1 amide bonds. The molecule has 6 heteroatoms. The molecule has 0 fully saturated rings. The molecule has 16 heavy (non-hydrogen) atoms. The minimum Gasteiger partial charge on any atom is -0.349 e. The van der Waals surface area contributed by atoms with Crippen molar-refractivity contribution in [1.82, 2.24) is 10.2 Å². The molecular formula is C10H19F3N2O. The van der Waals surface area contributed by atoms with E-state index in [1.165, 1.54) is 11.8 Å². The van der Waals surface area contributed by atoms with Crippen LogP contribution in [0.2, 0.25) is 0 Å². The number of carbonyl (C=O) groups excluding carboxylic acids is 1. The third-order valence-electron chi connectivity index (χ3n) is 2.10. The quantitative estimate of drug-likeness (QED) is 0.718. The molecule has 0 heterocycles. The van der Waals surface area contributed by atoms with Gasteiger partial charge >= 0.3 is 6.18 Å². The van der Waals surface area contributed by atoms with Crippen molar-refractivity contribution >= 4 is 5.91 Å². The molecule has 0 radical (unpaired) electrons. The van der Waals surface area contributed by atoms with Crippen LogP contribution in [0.1, 0.15) is 26.2 Å². The number of amides is 1. The van der Waals surface area contributed by atoms with Gasteiger partial charge in [-0.05, 0) is 19.9 Å². The molecule has 0 aromatic carbocycles. The zero-order valence-corrected chi connectivity index (χ0v) is 9.90. The average Bonchev–Trinajstić information content (AvgIpc) is 2.08. The first-order chi connectivity index (χ1) is 7.22. The second-order valence-corrected chi connectivity index (χ2v) is 4.07. The fraction of sp³-hybridized carbons (Fsp3) is 0.900. The number of hydrogen-bond donors (Lipinski definition) is 1. The van der Waals surface area contributed by atoms with E-state index in [2.05, 4.69) is 5.32 Å². The number of rotatable bonds is 6. The van der Waals surface area contributed by atoms with Crippen LogP contribution in [0.3, 0.4) is 0 Å². The van der Waals surface area contributed by atoms with Crippen LogP contribution < -0.4 is 5.32 Å². The molecule has 0 saturated heterocycles. The molecule has 0 aliphatic rings. The Morgan fingerprint density at radius 2 is 1.94 bits per heavy atom. The van der Waals surface area contributed by atoms with E-state index in [4.69, 9.17) is 0 Å². The molecule has 3 nitrogen and oxygen atoms in total. The highest BCUT2D eigenvalue weighted by Crippen LogP contribution is 2.21. The number of carbonyl (C=O) groups is 1. The predicted octanol–water partition coefficient (Wildman–Crippen LogP) is 1.79. The van der Waals surface area contributed by atoms with Crippen LogP contribution in [0.15, 0.2) is 0 Å². The van der Waals surface area contributed by atoms with Gasteiger partial charge in [-0.2, -0.15) is 13.2 Å². The molecule has 96 valence electrons. The van der Waals surface area contributed by atoms with Crippen LogP contribution in [-0.2, 0) is 4.79 Å². The molecule has 0 aromatic heterocycles. The molecule has 0 spiro atoms. The first-order valence-electron chi connectivity index (χ1n) is 5.22. The van der Waals surface area contributed by atoms with Gasteiger partial charge in [0.1, 0.15) is 0 Å². The summed E-state index contributed by atoms with van der Waals surface area (Å²) in [6.07, 6.45) is -4.06. The van der Waals surface area contributed by atoms with Gasteiger partial charge in [0, 0.05) is 26.6 Å². The smallest absolute Gasteiger partial charge is 0.349 e. The zero-order chi connectivity index (χ0) is 12.8. The van der Waals surface area contributed by atoms with Gasteiger partial charge in [0.2, 0.25) is 5.91 Å². The number of halogens is 3. The van der Waals surface area contributed by atoms with Crippen molar-refractivity contribution in [2.24, 2.45) is 0 Å². The summed E-state index contributed by atoms with van der Waals surface area (Å²) in [4.78, 5) is 12.6. The molecular weight excluding hydrogens is 221 g/mol. The molecule has 0 bridgehead atoms. The van der Waals surface area contributed by atoms with E-state index >= 15 is 0 Å². The van der Waals surface area contributed by atoms with Gasteiger partial charge in [-0.25, -0.2) is 0 Å². The summed E-state index contributed by atoms with van der Waals surface area (Å²) in [6.45, 7) is 1.91. The topological polar surface area (TPSA) is 32.3 Å². The number of nitrogens with zero attached hydrogens (tertiary/aromatic N) is 1. The highest BCUT2D eigenvalue weighted by atomic mass is 19.4. The van der Waals surface area contributed by atoms with Crippen LogP contribution in [0.25, 0.3) is 0 Å². The van der Waals surface area contributed by atoms with E-state index in [0.29, 0.717) is 19.4 Å². The molecule has 0 aliphatic heterocycles. The van der Waals surface area contributed by atoms with Crippen LogP contribution in [0.4, 0.5) is 13.2 Å². The van der Waals surface area contributed by atoms with Gasteiger partial charge in [0.05, 0.1) is 6.42 Å². The van der Waals surface area contributed by atoms with Gasteiger partial charge in [-0.15, -0.1) is 0 Å². The minimum absolute atomic E-state index is 0.00901. The minimum atomic E-state index is -4.13. The summed E-state index contributed by atoms with van der Waals surface area (Å²) in [7, 11) is 3.31. The van der Waals surface area contributed by atoms with Crippen molar-refractivity contribution in [2.45, 2.75) is 38.4 Å². The fourth-order valence-electron chi connectivity index (χ4n) is 1.23. The Morgan fingerprint density at radius 3 is 2.38 bits per heavy atom. The summed E-state index contributed by atoms with van der Waals surface area (Å²) in [5.41, 5.74) is 0. The van der Waals surface area contributed by atoms with E-state index in [0.717, 1.165) is 0 Å². The predicted molar refractivity (Wildman–Crippen MR) is 56.1 cm³/mol. The maximum absolute atomic E-state index is 11.9. The maximum Gasteiger partial charge on any atom is 0.390 e. The lowest BCUT2D eigenvalue weighted by Crippen LogP contribution is -2.32. The second-order valence-electron chi connectivity index (χ2n) is 4.07. The van der Waals surface area contributed by atoms with Crippen molar-refractivity contribution in [1.29, 1.82) is 0 Å². The molecule has 1 atom stereocenters. The zero-order valence-electron chi connectivity index (χ0n) is 9.90. The van der Waals surface area contributed by atoms with Crippen molar-refractivity contribution in [3.05, 3.63) is 0 Å². The molecule has 1 N–H and O–H groups in total. The van der Waals surface area contributed by atoms with Gasteiger partial charge in [-0.1, -0.05) is 0 Å². The van der Waals surface area contributed by atoms with Crippen LogP contribution in [0, 0.1) is 0 Å². The Kier molecular flexibility index (Phi) is 6.40. The lowest BCUT2D eigenvalue weighted by molar-refractivity contribution is -0.139. The highest BCUT2D eigenvalue weighted by Gasteiger charge is 2.29. The normalized spacial score (nSPS) is 13.6. The van der Waals surface area contributed by atoms with E-state index < -0.39 is 18.6 Å². The second kappa shape index (κ2) is 6.73. The number of nitrogens with one attached hydrogen (secondary N) is 1. The average molecular weight is 240 g/mol. The Morgan fingerprint density at radius 1 is 1.38 bits per heavy atom. The van der Waals surface area contributed by atoms with Gasteiger partial charge in [0.15, 0.2) is 0 Å². The maximum atomic E-state index is 11.9.